The summed E-state index contributed by atoms with van der Waals surface area (Å²) in [6.45, 7) is 2.14. The first-order chi connectivity index (χ1) is 6.59. The SMILES string of the molecule is CC1Cc2cc(C(=O)O)ccc2N1C. The number of rotatable bonds is 1. The molecule has 0 bridgehead atoms. The third-order valence-electron chi connectivity index (χ3n) is 2.88. The van der Waals surface area contributed by atoms with Crippen molar-refractivity contribution in [2.75, 3.05) is 11.9 Å². The summed E-state index contributed by atoms with van der Waals surface area (Å²) in [5.41, 5.74) is 2.67. The highest BCUT2D eigenvalue weighted by Gasteiger charge is 2.23. The lowest BCUT2D eigenvalue weighted by Gasteiger charge is -2.18. The molecule has 1 aliphatic rings. The second-order valence-corrected chi connectivity index (χ2v) is 3.81. The van der Waals surface area contributed by atoms with Gasteiger partial charge >= 0.3 is 5.97 Å². The van der Waals surface area contributed by atoms with E-state index in [1.807, 2.05) is 13.1 Å². The van der Waals surface area contributed by atoms with Crippen LogP contribution in [0.4, 0.5) is 5.69 Å². The predicted octanol–water partition coefficient (Wildman–Crippen LogP) is 1.77. The molecule has 0 radical (unpaired) electrons. The van der Waals surface area contributed by atoms with E-state index in [9.17, 15) is 4.79 Å². The van der Waals surface area contributed by atoms with Gasteiger partial charge in [-0.05, 0) is 37.1 Å². The lowest BCUT2D eigenvalue weighted by atomic mass is 10.1. The number of nitrogens with zero attached hydrogens (tertiary/aromatic N) is 1. The van der Waals surface area contributed by atoms with Gasteiger partial charge in [-0.1, -0.05) is 0 Å². The van der Waals surface area contributed by atoms with Crippen LogP contribution < -0.4 is 4.90 Å². The minimum absolute atomic E-state index is 0.381. The van der Waals surface area contributed by atoms with Crippen molar-refractivity contribution in [2.45, 2.75) is 19.4 Å². The highest BCUT2D eigenvalue weighted by molar-refractivity contribution is 5.88. The molecular formula is C11H13NO2. The minimum Gasteiger partial charge on any atom is -0.478 e. The van der Waals surface area contributed by atoms with Gasteiger partial charge in [-0.2, -0.15) is 0 Å². The number of fused-ring (bicyclic) bond motifs is 1. The van der Waals surface area contributed by atoms with E-state index in [0.717, 1.165) is 17.7 Å². The van der Waals surface area contributed by atoms with Crippen molar-refractivity contribution in [3.8, 4) is 0 Å². The van der Waals surface area contributed by atoms with Crippen LogP contribution in [0.15, 0.2) is 18.2 Å². The Morgan fingerprint density at radius 3 is 2.93 bits per heavy atom. The Morgan fingerprint density at radius 2 is 2.29 bits per heavy atom. The zero-order valence-electron chi connectivity index (χ0n) is 8.32. The molecule has 74 valence electrons. The van der Waals surface area contributed by atoms with Gasteiger partial charge in [0.2, 0.25) is 0 Å². The molecule has 3 nitrogen and oxygen atoms in total. The maximum Gasteiger partial charge on any atom is 0.335 e. The van der Waals surface area contributed by atoms with Gasteiger partial charge in [0.15, 0.2) is 0 Å². The van der Waals surface area contributed by atoms with E-state index in [4.69, 9.17) is 5.11 Å². The molecule has 1 aromatic rings. The van der Waals surface area contributed by atoms with Crippen LogP contribution in [0, 0.1) is 0 Å². The van der Waals surface area contributed by atoms with Crippen molar-refractivity contribution in [1.29, 1.82) is 0 Å². The summed E-state index contributed by atoms with van der Waals surface area (Å²) in [6, 6.07) is 5.80. The number of likely N-dealkylation sites (N-methyl/N-ethyl adjacent to an activating group) is 1. The number of carboxylic acids is 1. The molecule has 0 saturated heterocycles. The van der Waals surface area contributed by atoms with Gasteiger partial charge in [0.25, 0.3) is 0 Å². The molecular weight excluding hydrogens is 178 g/mol. The smallest absolute Gasteiger partial charge is 0.335 e. The Morgan fingerprint density at radius 1 is 1.57 bits per heavy atom. The summed E-state index contributed by atoms with van der Waals surface area (Å²) >= 11 is 0. The van der Waals surface area contributed by atoms with Crippen LogP contribution in [0.5, 0.6) is 0 Å². The van der Waals surface area contributed by atoms with E-state index in [-0.39, 0.29) is 0 Å². The molecule has 3 heteroatoms. The van der Waals surface area contributed by atoms with Gasteiger partial charge in [0.05, 0.1) is 5.56 Å². The molecule has 0 aliphatic carbocycles. The monoisotopic (exact) mass is 191 g/mol. The molecule has 0 fully saturated rings. The summed E-state index contributed by atoms with van der Waals surface area (Å²) in [6.07, 6.45) is 0.937. The maximum absolute atomic E-state index is 10.8. The number of benzene rings is 1. The Labute approximate surface area is 83.0 Å². The molecule has 14 heavy (non-hydrogen) atoms. The van der Waals surface area contributed by atoms with Gasteiger partial charge in [0, 0.05) is 18.8 Å². The first-order valence-corrected chi connectivity index (χ1v) is 4.68. The van der Waals surface area contributed by atoms with E-state index in [1.165, 1.54) is 0 Å². The largest absolute Gasteiger partial charge is 0.478 e. The van der Waals surface area contributed by atoms with Gasteiger partial charge in [0.1, 0.15) is 0 Å². The molecule has 0 saturated carbocycles. The number of carboxylic acid groups (broad SMARTS) is 1. The Balaban J connectivity index is 2.44. The lowest BCUT2D eigenvalue weighted by Crippen LogP contribution is -2.23. The Bertz CT molecular complexity index is 387. The first kappa shape index (κ1) is 9.06. The topological polar surface area (TPSA) is 40.5 Å². The summed E-state index contributed by atoms with van der Waals surface area (Å²) in [7, 11) is 2.04. The van der Waals surface area contributed by atoms with Crippen LogP contribution in [0.25, 0.3) is 0 Å². The highest BCUT2D eigenvalue weighted by Crippen LogP contribution is 2.31. The van der Waals surface area contributed by atoms with E-state index in [0.29, 0.717) is 11.6 Å². The summed E-state index contributed by atoms with van der Waals surface area (Å²) < 4.78 is 0. The van der Waals surface area contributed by atoms with Crippen molar-refractivity contribution in [1.82, 2.24) is 0 Å². The van der Waals surface area contributed by atoms with Crippen LogP contribution in [-0.4, -0.2) is 24.2 Å². The Hall–Kier alpha value is -1.51. The van der Waals surface area contributed by atoms with Crippen molar-refractivity contribution in [2.24, 2.45) is 0 Å². The van der Waals surface area contributed by atoms with Crippen molar-refractivity contribution < 1.29 is 9.90 Å². The number of anilines is 1. The number of hydrogen-bond acceptors (Lipinski definition) is 2. The molecule has 1 heterocycles. The quantitative estimate of drug-likeness (QED) is 0.735. The predicted molar refractivity (Wildman–Crippen MR) is 55.0 cm³/mol. The number of aromatic carboxylic acids is 1. The summed E-state index contributed by atoms with van der Waals surface area (Å²) in [5.74, 6) is -0.852. The summed E-state index contributed by atoms with van der Waals surface area (Å²) in [5, 5.41) is 8.83. The number of hydrogen-bond donors (Lipinski definition) is 1. The molecule has 0 aromatic heterocycles. The van der Waals surface area contributed by atoms with Crippen LogP contribution in [0.3, 0.4) is 0 Å². The van der Waals surface area contributed by atoms with E-state index in [2.05, 4.69) is 11.8 Å². The van der Waals surface area contributed by atoms with Gasteiger partial charge in [-0.25, -0.2) is 4.79 Å². The number of carbonyl (C=O) groups is 1. The molecule has 1 N–H and O–H groups in total. The molecule has 0 amide bonds. The standard InChI is InChI=1S/C11H13NO2/c1-7-5-9-6-8(11(13)14)3-4-10(9)12(7)2/h3-4,6-7H,5H2,1-2H3,(H,13,14). The van der Waals surface area contributed by atoms with Gasteiger partial charge < -0.3 is 10.0 Å². The summed E-state index contributed by atoms with van der Waals surface area (Å²) in [4.78, 5) is 12.9. The second kappa shape index (κ2) is 3.01. The Kier molecular flexibility index (Phi) is 1.95. The maximum atomic E-state index is 10.8. The lowest BCUT2D eigenvalue weighted by molar-refractivity contribution is 0.0697. The fourth-order valence-corrected chi connectivity index (χ4v) is 1.92. The van der Waals surface area contributed by atoms with Crippen LogP contribution >= 0.6 is 0 Å². The van der Waals surface area contributed by atoms with Gasteiger partial charge in [-0.3, -0.25) is 0 Å². The molecule has 1 atom stereocenters. The van der Waals surface area contributed by atoms with Gasteiger partial charge in [-0.15, -0.1) is 0 Å². The second-order valence-electron chi connectivity index (χ2n) is 3.81. The fourth-order valence-electron chi connectivity index (χ4n) is 1.92. The van der Waals surface area contributed by atoms with E-state index < -0.39 is 5.97 Å². The normalized spacial score (nSPS) is 19.6. The average Bonchev–Trinajstić information content (AvgIpc) is 2.42. The van der Waals surface area contributed by atoms with Crippen LogP contribution in [-0.2, 0) is 6.42 Å². The fraction of sp³-hybridized carbons (Fsp3) is 0.364. The third kappa shape index (κ3) is 1.25. The van der Waals surface area contributed by atoms with Crippen molar-refractivity contribution >= 4 is 11.7 Å². The molecule has 1 unspecified atom stereocenters. The zero-order chi connectivity index (χ0) is 10.3. The van der Waals surface area contributed by atoms with E-state index in [1.54, 1.807) is 12.1 Å². The first-order valence-electron chi connectivity index (χ1n) is 4.68. The molecule has 1 aliphatic heterocycles. The average molecular weight is 191 g/mol. The third-order valence-corrected chi connectivity index (χ3v) is 2.88. The molecule has 0 spiro atoms. The van der Waals surface area contributed by atoms with Crippen molar-refractivity contribution in [3.63, 3.8) is 0 Å². The highest BCUT2D eigenvalue weighted by atomic mass is 16.4. The molecule has 1 aromatic carbocycles. The zero-order valence-corrected chi connectivity index (χ0v) is 8.32. The van der Waals surface area contributed by atoms with E-state index >= 15 is 0 Å². The van der Waals surface area contributed by atoms with Crippen LogP contribution in [0.1, 0.15) is 22.8 Å². The minimum atomic E-state index is -0.852. The van der Waals surface area contributed by atoms with Crippen molar-refractivity contribution in [3.05, 3.63) is 29.3 Å². The van der Waals surface area contributed by atoms with Crippen LogP contribution in [0.2, 0.25) is 0 Å². The molecule has 2 rings (SSSR count).